The highest BCUT2D eigenvalue weighted by Gasteiger charge is 1.89. The standard InChI is InChI=1S/C10H13BrN2O/c11-9-4-3-5-10(8-9)13-12-6-1-2-7-14/h3-6,8,13-14H,1-2,7H2/b12-6-. The van der Waals surface area contributed by atoms with Crippen LogP contribution in [0.1, 0.15) is 12.8 Å². The Morgan fingerprint density at radius 1 is 1.50 bits per heavy atom. The number of halogens is 1. The second-order valence-corrected chi connectivity index (χ2v) is 3.72. The van der Waals surface area contributed by atoms with Gasteiger partial charge in [0.25, 0.3) is 0 Å². The molecule has 1 aromatic rings. The summed E-state index contributed by atoms with van der Waals surface area (Å²) in [5, 5.41) is 12.5. The van der Waals surface area contributed by atoms with Crippen LogP contribution >= 0.6 is 15.9 Å². The molecule has 1 aromatic carbocycles. The van der Waals surface area contributed by atoms with Gasteiger partial charge < -0.3 is 5.11 Å². The normalized spacial score (nSPS) is 10.7. The Hall–Kier alpha value is -0.870. The number of hydrazone groups is 1. The maximum Gasteiger partial charge on any atom is 0.0572 e. The van der Waals surface area contributed by atoms with E-state index in [0.29, 0.717) is 0 Å². The fourth-order valence-electron chi connectivity index (χ4n) is 0.925. The second kappa shape index (κ2) is 6.56. The van der Waals surface area contributed by atoms with E-state index in [4.69, 9.17) is 5.11 Å². The Morgan fingerprint density at radius 3 is 3.07 bits per heavy atom. The third-order valence-electron chi connectivity index (χ3n) is 1.60. The Labute approximate surface area is 92.0 Å². The van der Waals surface area contributed by atoms with Gasteiger partial charge >= 0.3 is 0 Å². The molecule has 0 aliphatic rings. The Morgan fingerprint density at radius 2 is 2.36 bits per heavy atom. The quantitative estimate of drug-likeness (QED) is 0.484. The number of hydrogen-bond donors (Lipinski definition) is 2. The first-order valence-corrected chi connectivity index (χ1v) is 5.26. The third kappa shape index (κ3) is 4.39. The minimum Gasteiger partial charge on any atom is -0.396 e. The zero-order chi connectivity index (χ0) is 10.2. The predicted octanol–water partition coefficient (Wildman–Crippen LogP) is 2.62. The molecule has 1 rings (SSSR count). The molecule has 2 N–H and O–H groups in total. The van der Waals surface area contributed by atoms with Gasteiger partial charge in [0.1, 0.15) is 0 Å². The monoisotopic (exact) mass is 256 g/mol. The number of nitrogens with zero attached hydrogens (tertiary/aromatic N) is 1. The summed E-state index contributed by atoms with van der Waals surface area (Å²) in [6.45, 7) is 0.211. The minimum absolute atomic E-state index is 0.211. The van der Waals surface area contributed by atoms with Crippen molar-refractivity contribution < 1.29 is 5.11 Å². The molecule has 0 aromatic heterocycles. The summed E-state index contributed by atoms with van der Waals surface area (Å²) in [5.74, 6) is 0. The van der Waals surface area contributed by atoms with Crippen molar-refractivity contribution in [3.63, 3.8) is 0 Å². The first-order chi connectivity index (χ1) is 6.83. The molecule has 0 bridgehead atoms. The molecule has 0 spiro atoms. The number of hydrogen-bond acceptors (Lipinski definition) is 3. The molecular formula is C10H13BrN2O. The lowest BCUT2D eigenvalue weighted by Gasteiger charge is -1.99. The van der Waals surface area contributed by atoms with Gasteiger partial charge in [0.15, 0.2) is 0 Å². The molecule has 0 fully saturated rings. The van der Waals surface area contributed by atoms with E-state index in [0.717, 1.165) is 23.0 Å². The van der Waals surface area contributed by atoms with Crippen LogP contribution in [0.5, 0.6) is 0 Å². The van der Waals surface area contributed by atoms with E-state index in [1.165, 1.54) is 0 Å². The molecule has 4 heteroatoms. The van der Waals surface area contributed by atoms with Crippen LogP contribution in [-0.4, -0.2) is 17.9 Å². The fourth-order valence-corrected chi connectivity index (χ4v) is 1.32. The van der Waals surface area contributed by atoms with Crippen molar-refractivity contribution in [3.05, 3.63) is 28.7 Å². The molecule has 0 unspecified atom stereocenters. The van der Waals surface area contributed by atoms with Crippen molar-refractivity contribution in [2.75, 3.05) is 12.0 Å². The van der Waals surface area contributed by atoms with Crippen LogP contribution in [0.15, 0.2) is 33.8 Å². The van der Waals surface area contributed by atoms with E-state index < -0.39 is 0 Å². The predicted molar refractivity (Wildman–Crippen MR) is 62.6 cm³/mol. The van der Waals surface area contributed by atoms with Crippen LogP contribution in [-0.2, 0) is 0 Å². The van der Waals surface area contributed by atoms with Gasteiger partial charge in [-0.3, -0.25) is 5.43 Å². The highest BCUT2D eigenvalue weighted by Crippen LogP contribution is 2.15. The van der Waals surface area contributed by atoms with Gasteiger partial charge in [0.05, 0.1) is 5.69 Å². The first kappa shape index (κ1) is 11.2. The highest BCUT2D eigenvalue weighted by molar-refractivity contribution is 9.10. The number of aliphatic hydroxyl groups is 1. The van der Waals surface area contributed by atoms with Gasteiger partial charge in [0, 0.05) is 17.3 Å². The van der Waals surface area contributed by atoms with Crippen LogP contribution in [0.25, 0.3) is 0 Å². The summed E-state index contributed by atoms with van der Waals surface area (Å²) in [6, 6.07) is 7.79. The van der Waals surface area contributed by atoms with Crippen LogP contribution in [0.4, 0.5) is 5.69 Å². The van der Waals surface area contributed by atoms with Gasteiger partial charge in [-0.25, -0.2) is 0 Å². The lowest BCUT2D eigenvalue weighted by molar-refractivity contribution is 0.291. The molecule has 0 aliphatic carbocycles. The van der Waals surface area contributed by atoms with Crippen molar-refractivity contribution in [1.29, 1.82) is 0 Å². The largest absolute Gasteiger partial charge is 0.396 e. The van der Waals surface area contributed by atoms with Crippen molar-refractivity contribution >= 4 is 27.8 Å². The second-order valence-electron chi connectivity index (χ2n) is 2.80. The molecule has 0 heterocycles. The fraction of sp³-hybridized carbons (Fsp3) is 0.300. The molecule has 0 radical (unpaired) electrons. The summed E-state index contributed by atoms with van der Waals surface area (Å²) >= 11 is 3.37. The summed E-state index contributed by atoms with van der Waals surface area (Å²) in [7, 11) is 0. The van der Waals surface area contributed by atoms with Gasteiger partial charge in [-0.2, -0.15) is 5.10 Å². The molecule has 0 atom stereocenters. The van der Waals surface area contributed by atoms with Crippen molar-refractivity contribution in [3.8, 4) is 0 Å². The molecule has 0 saturated carbocycles. The van der Waals surface area contributed by atoms with Crippen molar-refractivity contribution in [1.82, 2.24) is 0 Å². The van der Waals surface area contributed by atoms with Crippen LogP contribution in [0.3, 0.4) is 0 Å². The topological polar surface area (TPSA) is 44.6 Å². The van der Waals surface area contributed by atoms with E-state index in [2.05, 4.69) is 26.5 Å². The Balaban J connectivity index is 2.34. The number of nitrogens with one attached hydrogen (secondary N) is 1. The van der Waals surface area contributed by atoms with Crippen LogP contribution in [0.2, 0.25) is 0 Å². The average Bonchev–Trinajstić information content (AvgIpc) is 2.18. The van der Waals surface area contributed by atoms with E-state index in [1.807, 2.05) is 24.3 Å². The maximum atomic E-state index is 8.53. The van der Waals surface area contributed by atoms with Gasteiger partial charge in [-0.05, 0) is 31.0 Å². The lowest BCUT2D eigenvalue weighted by Crippen LogP contribution is -1.90. The number of unbranched alkanes of at least 4 members (excludes halogenated alkanes) is 1. The number of benzene rings is 1. The number of rotatable bonds is 5. The molecule has 0 saturated heterocycles. The third-order valence-corrected chi connectivity index (χ3v) is 2.09. The molecule has 76 valence electrons. The van der Waals surface area contributed by atoms with Gasteiger partial charge in [0.2, 0.25) is 0 Å². The summed E-state index contributed by atoms with van der Waals surface area (Å²) in [5.41, 5.74) is 3.85. The smallest absolute Gasteiger partial charge is 0.0572 e. The Bertz CT molecular complexity index is 302. The molecular weight excluding hydrogens is 244 g/mol. The number of anilines is 1. The Kier molecular flexibility index (Phi) is 5.25. The number of aliphatic hydroxyl groups excluding tert-OH is 1. The van der Waals surface area contributed by atoms with Crippen molar-refractivity contribution in [2.45, 2.75) is 12.8 Å². The van der Waals surface area contributed by atoms with Crippen LogP contribution < -0.4 is 5.43 Å². The first-order valence-electron chi connectivity index (χ1n) is 4.47. The molecule has 0 aliphatic heterocycles. The van der Waals surface area contributed by atoms with Crippen LogP contribution in [0, 0.1) is 0 Å². The van der Waals surface area contributed by atoms with Gasteiger partial charge in [-0.1, -0.05) is 22.0 Å². The zero-order valence-electron chi connectivity index (χ0n) is 7.78. The molecule has 3 nitrogen and oxygen atoms in total. The summed E-state index contributed by atoms with van der Waals surface area (Å²) in [4.78, 5) is 0. The summed E-state index contributed by atoms with van der Waals surface area (Å²) in [6.07, 6.45) is 3.30. The zero-order valence-corrected chi connectivity index (χ0v) is 9.37. The highest BCUT2D eigenvalue weighted by atomic mass is 79.9. The van der Waals surface area contributed by atoms with E-state index >= 15 is 0 Å². The summed E-state index contributed by atoms with van der Waals surface area (Å²) < 4.78 is 1.02. The maximum absolute atomic E-state index is 8.53. The molecule has 14 heavy (non-hydrogen) atoms. The van der Waals surface area contributed by atoms with E-state index in [1.54, 1.807) is 6.21 Å². The minimum atomic E-state index is 0.211. The van der Waals surface area contributed by atoms with E-state index in [-0.39, 0.29) is 6.61 Å². The van der Waals surface area contributed by atoms with Crippen molar-refractivity contribution in [2.24, 2.45) is 5.10 Å². The van der Waals surface area contributed by atoms with Gasteiger partial charge in [-0.15, -0.1) is 0 Å². The SMILES string of the molecule is OCCC/C=N\Nc1cccc(Br)c1. The lowest BCUT2D eigenvalue weighted by atomic mass is 10.3. The molecule has 0 amide bonds. The van der Waals surface area contributed by atoms with E-state index in [9.17, 15) is 0 Å². The average molecular weight is 257 g/mol.